The summed E-state index contributed by atoms with van der Waals surface area (Å²) in [6.07, 6.45) is 4.71. The van der Waals surface area contributed by atoms with E-state index >= 15 is 0 Å². The van der Waals surface area contributed by atoms with Gasteiger partial charge in [0.25, 0.3) is 0 Å². The van der Waals surface area contributed by atoms with Crippen LogP contribution in [-0.4, -0.2) is 39.7 Å². The summed E-state index contributed by atoms with van der Waals surface area (Å²) in [4.78, 5) is 13.8. The summed E-state index contributed by atoms with van der Waals surface area (Å²) in [5.74, 6) is 0.0632. The molecule has 1 amide bonds. The quantitative estimate of drug-likeness (QED) is 0.826. The second-order valence-corrected chi connectivity index (χ2v) is 5.48. The molecule has 0 fully saturated rings. The number of carbonyl (C=O) groups excluding carboxylic acids is 1. The summed E-state index contributed by atoms with van der Waals surface area (Å²) < 4.78 is 1.77. The third kappa shape index (κ3) is 4.87. The van der Waals surface area contributed by atoms with Crippen molar-refractivity contribution in [1.29, 1.82) is 0 Å². The Balaban J connectivity index is 2.40. The number of hydrogen-bond donors (Lipinski definition) is 1. The Morgan fingerprint density at radius 1 is 1.56 bits per heavy atom. The Morgan fingerprint density at radius 2 is 2.22 bits per heavy atom. The van der Waals surface area contributed by atoms with Crippen LogP contribution in [0.3, 0.4) is 0 Å². The number of nitrogens with zero attached hydrogens (tertiary/aromatic N) is 3. The minimum absolute atomic E-state index is 0.0632. The molecule has 102 valence electrons. The number of carbonyl (C=O) groups is 1. The van der Waals surface area contributed by atoms with E-state index in [9.17, 15) is 4.79 Å². The van der Waals surface area contributed by atoms with Gasteiger partial charge in [-0.15, -0.1) is 0 Å². The number of aromatic nitrogens is 2. The highest BCUT2D eigenvalue weighted by Gasteiger charge is 2.18. The lowest BCUT2D eigenvalue weighted by molar-refractivity contribution is -0.123. The summed E-state index contributed by atoms with van der Waals surface area (Å²) in [7, 11) is 3.82. The van der Waals surface area contributed by atoms with Crippen molar-refractivity contribution in [2.45, 2.75) is 39.3 Å². The summed E-state index contributed by atoms with van der Waals surface area (Å²) in [6, 6.07) is 0. The molecule has 0 spiro atoms. The maximum absolute atomic E-state index is 11.8. The lowest BCUT2D eigenvalue weighted by Gasteiger charge is -2.26. The van der Waals surface area contributed by atoms with Gasteiger partial charge in [0, 0.05) is 30.9 Å². The fourth-order valence-corrected chi connectivity index (χ4v) is 1.67. The molecule has 0 unspecified atom stereocenters. The topological polar surface area (TPSA) is 50.2 Å². The largest absolute Gasteiger partial charge is 0.350 e. The Morgan fingerprint density at radius 3 is 2.72 bits per heavy atom. The molecule has 1 aromatic heterocycles. The lowest BCUT2D eigenvalue weighted by Crippen LogP contribution is -2.46. The van der Waals surface area contributed by atoms with Crippen LogP contribution < -0.4 is 5.32 Å². The summed E-state index contributed by atoms with van der Waals surface area (Å²) in [5, 5.41) is 7.14. The van der Waals surface area contributed by atoms with Crippen molar-refractivity contribution in [3.8, 4) is 0 Å². The molecule has 5 heteroatoms. The Labute approximate surface area is 109 Å². The molecule has 0 saturated heterocycles. The minimum Gasteiger partial charge on any atom is -0.350 e. The first kappa shape index (κ1) is 14.7. The molecule has 0 atom stereocenters. The van der Waals surface area contributed by atoms with Crippen molar-refractivity contribution in [1.82, 2.24) is 20.0 Å². The molecule has 0 radical (unpaired) electrons. The van der Waals surface area contributed by atoms with Crippen LogP contribution in [0.5, 0.6) is 0 Å². The van der Waals surface area contributed by atoms with Gasteiger partial charge in [-0.05, 0) is 27.3 Å². The summed E-state index contributed by atoms with van der Waals surface area (Å²) >= 11 is 0. The molecule has 0 saturated carbocycles. The van der Waals surface area contributed by atoms with E-state index in [0.717, 1.165) is 18.5 Å². The smallest absolute Gasteiger partial charge is 0.234 e. The first-order chi connectivity index (χ1) is 8.32. The van der Waals surface area contributed by atoms with E-state index in [1.54, 1.807) is 4.68 Å². The first-order valence-corrected chi connectivity index (χ1v) is 6.29. The van der Waals surface area contributed by atoms with E-state index in [4.69, 9.17) is 0 Å². The van der Waals surface area contributed by atoms with Gasteiger partial charge in [0.1, 0.15) is 0 Å². The minimum atomic E-state index is -0.133. The highest BCUT2D eigenvalue weighted by atomic mass is 16.2. The standard InChI is InChI=1S/C13H24N4O/c1-6-13(2,3)15-12(18)10-16(4)8-11-7-14-17(5)9-11/h7,9H,6,8,10H2,1-5H3,(H,15,18). The third-order valence-corrected chi connectivity index (χ3v) is 2.99. The molecule has 0 aliphatic carbocycles. The van der Waals surface area contributed by atoms with E-state index in [1.165, 1.54) is 0 Å². The van der Waals surface area contributed by atoms with E-state index in [1.807, 2.05) is 45.2 Å². The molecular weight excluding hydrogens is 228 g/mol. The predicted molar refractivity (Wildman–Crippen MR) is 72.1 cm³/mol. The van der Waals surface area contributed by atoms with Gasteiger partial charge in [-0.1, -0.05) is 6.92 Å². The zero-order valence-corrected chi connectivity index (χ0v) is 12.0. The van der Waals surface area contributed by atoms with E-state index in [-0.39, 0.29) is 11.4 Å². The predicted octanol–water partition coefficient (Wildman–Crippen LogP) is 1.16. The number of likely N-dealkylation sites (N-methyl/N-ethyl adjacent to an activating group) is 1. The highest BCUT2D eigenvalue weighted by molar-refractivity contribution is 5.78. The Hall–Kier alpha value is -1.36. The van der Waals surface area contributed by atoms with Gasteiger partial charge in [0.2, 0.25) is 5.91 Å². The lowest BCUT2D eigenvalue weighted by atomic mass is 10.0. The molecule has 0 aromatic carbocycles. The van der Waals surface area contributed by atoms with Crippen LogP contribution in [0.15, 0.2) is 12.4 Å². The number of nitrogens with one attached hydrogen (secondary N) is 1. The molecule has 0 bridgehead atoms. The molecule has 0 aliphatic heterocycles. The van der Waals surface area contributed by atoms with Crippen LogP contribution in [0.4, 0.5) is 0 Å². The Kier molecular flexibility index (Phi) is 4.90. The van der Waals surface area contributed by atoms with Crippen LogP contribution in [0.1, 0.15) is 32.8 Å². The van der Waals surface area contributed by atoms with Crippen molar-refractivity contribution in [2.75, 3.05) is 13.6 Å². The van der Waals surface area contributed by atoms with Crippen molar-refractivity contribution in [3.05, 3.63) is 18.0 Å². The fraction of sp³-hybridized carbons (Fsp3) is 0.692. The molecule has 1 heterocycles. The number of hydrogen-bond acceptors (Lipinski definition) is 3. The summed E-state index contributed by atoms with van der Waals surface area (Å²) in [5.41, 5.74) is 0.981. The molecule has 5 nitrogen and oxygen atoms in total. The van der Waals surface area contributed by atoms with Gasteiger partial charge < -0.3 is 5.32 Å². The van der Waals surface area contributed by atoms with Gasteiger partial charge >= 0.3 is 0 Å². The fourth-order valence-electron chi connectivity index (χ4n) is 1.67. The third-order valence-electron chi connectivity index (χ3n) is 2.99. The Bertz CT molecular complexity index is 397. The molecule has 0 aliphatic rings. The average molecular weight is 252 g/mol. The van der Waals surface area contributed by atoms with Crippen LogP contribution in [0.2, 0.25) is 0 Å². The van der Waals surface area contributed by atoms with Crippen molar-refractivity contribution in [2.24, 2.45) is 7.05 Å². The first-order valence-electron chi connectivity index (χ1n) is 6.29. The maximum Gasteiger partial charge on any atom is 0.234 e. The molecular formula is C13H24N4O. The SMILES string of the molecule is CCC(C)(C)NC(=O)CN(C)Cc1cnn(C)c1. The van der Waals surface area contributed by atoms with Crippen molar-refractivity contribution in [3.63, 3.8) is 0 Å². The van der Waals surface area contributed by atoms with Gasteiger partial charge in [0.15, 0.2) is 0 Å². The van der Waals surface area contributed by atoms with Crippen molar-refractivity contribution >= 4 is 5.91 Å². The van der Waals surface area contributed by atoms with Crippen LogP contribution in [-0.2, 0) is 18.4 Å². The maximum atomic E-state index is 11.8. The van der Waals surface area contributed by atoms with Gasteiger partial charge in [-0.25, -0.2) is 0 Å². The van der Waals surface area contributed by atoms with Crippen molar-refractivity contribution < 1.29 is 4.79 Å². The van der Waals surface area contributed by atoms with Crippen LogP contribution >= 0.6 is 0 Å². The van der Waals surface area contributed by atoms with Gasteiger partial charge in [-0.3, -0.25) is 14.4 Å². The second kappa shape index (κ2) is 6.00. The number of rotatable bonds is 6. The molecule has 1 aromatic rings. The second-order valence-electron chi connectivity index (χ2n) is 5.48. The zero-order valence-electron chi connectivity index (χ0n) is 12.0. The van der Waals surface area contributed by atoms with Gasteiger partial charge in [-0.2, -0.15) is 5.10 Å². The normalized spacial score (nSPS) is 11.9. The van der Waals surface area contributed by atoms with E-state index < -0.39 is 0 Å². The highest BCUT2D eigenvalue weighted by Crippen LogP contribution is 2.07. The molecule has 1 rings (SSSR count). The van der Waals surface area contributed by atoms with Gasteiger partial charge in [0.05, 0.1) is 12.7 Å². The van der Waals surface area contributed by atoms with Crippen LogP contribution in [0.25, 0.3) is 0 Å². The van der Waals surface area contributed by atoms with E-state index in [0.29, 0.717) is 6.54 Å². The zero-order chi connectivity index (χ0) is 13.8. The summed E-state index contributed by atoms with van der Waals surface area (Å²) in [6.45, 7) is 7.27. The number of amides is 1. The number of aryl methyl sites for hydroxylation is 1. The molecule has 1 N–H and O–H groups in total. The average Bonchev–Trinajstić information content (AvgIpc) is 2.62. The monoisotopic (exact) mass is 252 g/mol. The molecule has 18 heavy (non-hydrogen) atoms. The van der Waals surface area contributed by atoms with Crippen LogP contribution in [0, 0.1) is 0 Å². The van der Waals surface area contributed by atoms with E-state index in [2.05, 4.69) is 17.3 Å².